The molecule has 1 aliphatic carbocycles. The number of carbonyl (C=O) groups is 2. The quantitative estimate of drug-likeness (QED) is 0.840. The molecule has 1 aromatic carbocycles. The smallest absolute Gasteiger partial charge is 0.253 e. The number of hydrogen-bond donors (Lipinski definition) is 2. The van der Waals surface area contributed by atoms with E-state index in [0.29, 0.717) is 17.4 Å². The zero-order chi connectivity index (χ0) is 19.9. The van der Waals surface area contributed by atoms with E-state index in [1.54, 1.807) is 0 Å². The van der Waals surface area contributed by atoms with E-state index in [1.807, 2.05) is 30.0 Å². The van der Waals surface area contributed by atoms with Crippen molar-refractivity contribution in [3.63, 3.8) is 0 Å². The number of benzene rings is 1. The van der Waals surface area contributed by atoms with E-state index in [2.05, 4.69) is 24.5 Å². The lowest BCUT2D eigenvalue weighted by molar-refractivity contribution is -0.118. The normalized spacial score (nSPS) is 28.8. The highest BCUT2D eigenvalue weighted by atomic mass is 16.2. The van der Waals surface area contributed by atoms with Crippen LogP contribution in [0.2, 0.25) is 0 Å². The molecule has 3 fully saturated rings. The summed E-state index contributed by atoms with van der Waals surface area (Å²) in [7, 11) is 0. The second kappa shape index (κ2) is 7.51. The number of aryl methyl sites for hydroxylation is 1. The van der Waals surface area contributed by atoms with Crippen molar-refractivity contribution in [1.82, 2.24) is 10.2 Å². The number of anilines is 1. The molecule has 3 aliphatic rings. The second-order valence-electron chi connectivity index (χ2n) is 9.54. The molecule has 5 heteroatoms. The highest BCUT2D eigenvalue weighted by Gasteiger charge is 2.57. The molecule has 1 saturated carbocycles. The van der Waals surface area contributed by atoms with Crippen LogP contribution in [-0.2, 0) is 4.79 Å². The zero-order valence-corrected chi connectivity index (χ0v) is 17.4. The van der Waals surface area contributed by atoms with Gasteiger partial charge in [-0.15, -0.1) is 0 Å². The van der Waals surface area contributed by atoms with Crippen LogP contribution < -0.4 is 10.6 Å². The number of likely N-dealkylation sites (tertiary alicyclic amines) is 1. The van der Waals surface area contributed by atoms with Crippen LogP contribution in [0.1, 0.15) is 55.5 Å². The molecular weight excluding hydrogens is 350 g/mol. The number of amides is 2. The van der Waals surface area contributed by atoms with Crippen LogP contribution in [0.3, 0.4) is 0 Å². The Kier molecular flexibility index (Phi) is 5.21. The van der Waals surface area contributed by atoms with Crippen LogP contribution in [0.25, 0.3) is 0 Å². The molecule has 1 spiro atoms. The van der Waals surface area contributed by atoms with Crippen LogP contribution in [0, 0.1) is 30.1 Å². The van der Waals surface area contributed by atoms with Gasteiger partial charge in [0, 0.05) is 30.3 Å². The van der Waals surface area contributed by atoms with E-state index in [-0.39, 0.29) is 23.1 Å². The van der Waals surface area contributed by atoms with E-state index in [1.165, 1.54) is 6.42 Å². The third-order valence-corrected chi connectivity index (χ3v) is 7.00. The van der Waals surface area contributed by atoms with Crippen molar-refractivity contribution in [2.75, 3.05) is 31.5 Å². The molecule has 4 rings (SSSR count). The standard InChI is InChI=1S/C23H33N3O2/c1-15-10-16(2)14-26(13-15)22(28)18-5-4-17(3)20(11-18)25-21(27)19-12-23(19)6-8-24-9-7-23/h4-5,11,15-16,19,24H,6-10,12-14H2,1-3H3,(H,25,27). The van der Waals surface area contributed by atoms with Gasteiger partial charge in [-0.25, -0.2) is 0 Å². The average molecular weight is 384 g/mol. The van der Waals surface area contributed by atoms with Crippen molar-refractivity contribution in [2.45, 2.75) is 46.5 Å². The number of nitrogens with zero attached hydrogens (tertiary/aromatic N) is 1. The maximum atomic E-state index is 13.0. The van der Waals surface area contributed by atoms with E-state index >= 15 is 0 Å². The summed E-state index contributed by atoms with van der Waals surface area (Å²) in [4.78, 5) is 27.8. The lowest BCUT2D eigenvalue weighted by atomic mass is 9.91. The lowest BCUT2D eigenvalue weighted by Crippen LogP contribution is -2.42. The minimum absolute atomic E-state index is 0.0788. The second-order valence-corrected chi connectivity index (χ2v) is 9.54. The molecule has 1 aromatic rings. The van der Waals surface area contributed by atoms with Gasteiger partial charge < -0.3 is 15.5 Å². The number of carbonyl (C=O) groups excluding carboxylic acids is 2. The molecule has 2 N–H and O–H groups in total. The first kappa shape index (κ1) is 19.4. The Balaban J connectivity index is 1.45. The predicted octanol–water partition coefficient (Wildman–Crippen LogP) is 3.44. The summed E-state index contributed by atoms with van der Waals surface area (Å²) in [5, 5.41) is 6.51. The molecule has 5 nitrogen and oxygen atoms in total. The van der Waals surface area contributed by atoms with Gasteiger partial charge >= 0.3 is 0 Å². The summed E-state index contributed by atoms with van der Waals surface area (Å²) in [6, 6.07) is 5.71. The van der Waals surface area contributed by atoms with Gasteiger partial charge in [0.05, 0.1) is 0 Å². The van der Waals surface area contributed by atoms with Gasteiger partial charge in [0.25, 0.3) is 5.91 Å². The van der Waals surface area contributed by atoms with Gasteiger partial charge in [-0.05, 0) is 80.6 Å². The first-order valence-corrected chi connectivity index (χ1v) is 10.8. The van der Waals surface area contributed by atoms with Crippen LogP contribution in [0.5, 0.6) is 0 Å². The van der Waals surface area contributed by atoms with E-state index in [4.69, 9.17) is 0 Å². The molecule has 152 valence electrons. The Labute approximate surface area is 168 Å². The van der Waals surface area contributed by atoms with Crippen LogP contribution >= 0.6 is 0 Å². The van der Waals surface area contributed by atoms with Gasteiger partial charge in [-0.2, -0.15) is 0 Å². The largest absolute Gasteiger partial charge is 0.338 e. The van der Waals surface area contributed by atoms with Gasteiger partial charge in [0.2, 0.25) is 5.91 Å². The molecule has 2 amide bonds. The van der Waals surface area contributed by atoms with Crippen LogP contribution in [-0.4, -0.2) is 42.9 Å². The van der Waals surface area contributed by atoms with E-state index in [9.17, 15) is 9.59 Å². The molecule has 0 bridgehead atoms. The Morgan fingerprint density at radius 2 is 1.82 bits per heavy atom. The minimum Gasteiger partial charge on any atom is -0.338 e. The Hall–Kier alpha value is -1.88. The molecule has 3 unspecified atom stereocenters. The summed E-state index contributed by atoms with van der Waals surface area (Å²) >= 11 is 0. The zero-order valence-electron chi connectivity index (χ0n) is 17.4. The number of hydrogen-bond acceptors (Lipinski definition) is 3. The van der Waals surface area contributed by atoms with E-state index < -0.39 is 0 Å². The fourth-order valence-electron chi connectivity index (χ4n) is 5.32. The molecule has 28 heavy (non-hydrogen) atoms. The first-order chi connectivity index (χ1) is 13.4. The SMILES string of the molecule is Cc1ccc(C(=O)N2CC(C)CC(C)C2)cc1NC(=O)C1CC12CCNCC2. The highest BCUT2D eigenvalue weighted by molar-refractivity contribution is 5.99. The monoisotopic (exact) mass is 383 g/mol. The van der Waals surface area contributed by atoms with Crippen molar-refractivity contribution in [1.29, 1.82) is 0 Å². The topological polar surface area (TPSA) is 61.4 Å². The number of piperidine rings is 2. The molecule has 0 radical (unpaired) electrons. The van der Waals surface area contributed by atoms with Crippen molar-refractivity contribution in [3.05, 3.63) is 29.3 Å². The number of rotatable bonds is 3. The van der Waals surface area contributed by atoms with Crippen molar-refractivity contribution >= 4 is 17.5 Å². The summed E-state index contributed by atoms with van der Waals surface area (Å²) < 4.78 is 0. The summed E-state index contributed by atoms with van der Waals surface area (Å²) in [5.74, 6) is 1.39. The first-order valence-electron chi connectivity index (χ1n) is 10.8. The Bertz CT molecular complexity index is 759. The molecular formula is C23H33N3O2. The molecule has 3 atom stereocenters. The predicted molar refractivity (Wildman–Crippen MR) is 111 cm³/mol. The lowest BCUT2D eigenvalue weighted by Gasteiger charge is -2.35. The van der Waals surface area contributed by atoms with Gasteiger partial charge in [-0.3, -0.25) is 9.59 Å². The maximum absolute atomic E-state index is 13.0. The summed E-state index contributed by atoms with van der Waals surface area (Å²) in [5.41, 5.74) is 2.68. The summed E-state index contributed by atoms with van der Waals surface area (Å²) in [6.45, 7) is 10.1. The fraction of sp³-hybridized carbons (Fsp3) is 0.652. The Morgan fingerprint density at radius 3 is 2.50 bits per heavy atom. The van der Waals surface area contributed by atoms with Gasteiger partial charge in [-0.1, -0.05) is 19.9 Å². The summed E-state index contributed by atoms with van der Waals surface area (Å²) in [6.07, 6.45) is 4.36. The van der Waals surface area contributed by atoms with Crippen LogP contribution in [0.15, 0.2) is 18.2 Å². The van der Waals surface area contributed by atoms with Crippen LogP contribution in [0.4, 0.5) is 5.69 Å². The van der Waals surface area contributed by atoms with E-state index in [0.717, 1.165) is 56.7 Å². The van der Waals surface area contributed by atoms with Gasteiger partial charge in [0.1, 0.15) is 0 Å². The van der Waals surface area contributed by atoms with Crippen molar-refractivity contribution in [3.8, 4) is 0 Å². The Morgan fingerprint density at radius 1 is 1.14 bits per heavy atom. The highest BCUT2D eigenvalue weighted by Crippen LogP contribution is 2.58. The molecule has 0 aromatic heterocycles. The average Bonchev–Trinajstić information content (AvgIpc) is 3.35. The maximum Gasteiger partial charge on any atom is 0.253 e. The molecule has 2 aliphatic heterocycles. The molecule has 2 saturated heterocycles. The number of nitrogens with one attached hydrogen (secondary N) is 2. The fourth-order valence-corrected chi connectivity index (χ4v) is 5.32. The third-order valence-electron chi connectivity index (χ3n) is 7.00. The molecule has 2 heterocycles. The third kappa shape index (κ3) is 3.82. The van der Waals surface area contributed by atoms with Crippen molar-refractivity contribution < 1.29 is 9.59 Å². The van der Waals surface area contributed by atoms with Crippen molar-refractivity contribution in [2.24, 2.45) is 23.2 Å². The minimum atomic E-state index is 0.0788. The van der Waals surface area contributed by atoms with Gasteiger partial charge in [0.15, 0.2) is 0 Å².